The van der Waals surface area contributed by atoms with E-state index in [0.29, 0.717) is 0 Å². The second-order valence-electron chi connectivity index (χ2n) is 6.92. The molecule has 23 heavy (non-hydrogen) atoms. The molecule has 2 rings (SSSR count). The molecule has 0 fully saturated rings. The highest BCUT2D eigenvalue weighted by molar-refractivity contribution is 4.86. The fourth-order valence-electron chi connectivity index (χ4n) is 2.26. The molecule has 1 atom stereocenters. The number of rotatable bonds is 9. The lowest BCUT2D eigenvalue weighted by atomic mass is 9.90. The molecule has 0 saturated heterocycles. The summed E-state index contributed by atoms with van der Waals surface area (Å²) in [6.45, 7) is 11.2. The van der Waals surface area contributed by atoms with Crippen LogP contribution < -0.4 is 5.32 Å². The van der Waals surface area contributed by atoms with Crippen molar-refractivity contribution in [2.75, 3.05) is 19.7 Å². The quantitative estimate of drug-likeness (QED) is 0.722. The van der Waals surface area contributed by atoms with Crippen LogP contribution in [0, 0.1) is 5.41 Å². The molecule has 0 aliphatic carbocycles. The lowest BCUT2D eigenvalue weighted by Gasteiger charge is -2.27. The summed E-state index contributed by atoms with van der Waals surface area (Å²) in [5, 5.41) is 3.45. The predicted molar refractivity (Wildman–Crippen MR) is 91.2 cm³/mol. The van der Waals surface area contributed by atoms with Crippen molar-refractivity contribution in [3.05, 3.63) is 37.4 Å². The third kappa shape index (κ3) is 5.48. The second-order valence-corrected chi connectivity index (χ2v) is 6.92. The van der Waals surface area contributed by atoms with Crippen LogP contribution in [0.3, 0.4) is 0 Å². The van der Waals surface area contributed by atoms with E-state index in [1.807, 2.05) is 25.0 Å². The molecule has 0 aromatic carbocycles. The molecule has 2 aromatic rings. The van der Waals surface area contributed by atoms with Crippen LogP contribution in [0.5, 0.6) is 0 Å². The van der Waals surface area contributed by atoms with Gasteiger partial charge in [0.2, 0.25) is 0 Å². The van der Waals surface area contributed by atoms with Crippen LogP contribution >= 0.6 is 0 Å². The zero-order valence-electron chi connectivity index (χ0n) is 14.6. The van der Waals surface area contributed by atoms with Crippen molar-refractivity contribution in [3.8, 4) is 0 Å². The van der Waals surface area contributed by atoms with E-state index in [-0.39, 0.29) is 17.7 Å². The molecule has 1 unspecified atom stereocenters. The lowest BCUT2D eigenvalue weighted by Crippen LogP contribution is -2.30. The van der Waals surface area contributed by atoms with E-state index in [9.17, 15) is 0 Å². The molecule has 0 aliphatic heterocycles. The van der Waals surface area contributed by atoms with Crippen molar-refractivity contribution in [2.45, 2.75) is 46.4 Å². The Morgan fingerprint density at radius 2 is 1.65 bits per heavy atom. The normalized spacial score (nSPS) is 13.6. The summed E-state index contributed by atoms with van der Waals surface area (Å²) < 4.78 is 10.1. The van der Waals surface area contributed by atoms with Crippen LogP contribution in [0.2, 0.25) is 0 Å². The summed E-state index contributed by atoms with van der Waals surface area (Å²) in [6, 6.07) is 0. The van der Waals surface area contributed by atoms with Gasteiger partial charge < -0.3 is 19.2 Å². The summed E-state index contributed by atoms with van der Waals surface area (Å²) in [4.78, 5) is 8.28. The second kappa shape index (κ2) is 8.26. The third-order valence-electron chi connectivity index (χ3n) is 4.18. The molecule has 1 N–H and O–H groups in total. The Morgan fingerprint density at radius 3 is 2.13 bits per heavy atom. The molecule has 0 bridgehead atoms. The zero-order chi connectivity index (χ0) is 16.7. The third-order valence-corrected chi connectivity index (χ3v) is 4.18. The maximum Gasteiger partial charge on any atom is 0.113 e. The fourth-order valence-corrected chi connectivity index (χ4v) is 2.26. The van der Waals surface area contributed by atoms with E-state index in [4.69, 9.17) is 4.74 Å². The Bertz CT molecular complexity index is 496. The molecule has 0 amide bonds. The van der Waals surface area contributed by atoms with Gasteiger partial charge in [0.25, 0.3) is 0 Å². The van der Waals surface area contributed by atoms with Crippen LogP contribution in [0.4, 0.5) is 0 Å². The molecule has 6 heteroatoms. The smallest absolute Gasteiger partial charge is 0.113 e. The monoisotopic (exact) mass is 319 g/mol. The molecule has 6 nitrogen and oxygen atoms in total. The van der Waals surface area contributed by atoms with E-state index >= 15 is 0 Å². The lowest BCUT2D eigenvalue weighted by molar-refractivity contribution is -0.00301. The topological polar surface area (TPSA) is 56.9 Å². The van der Waals surface area contributed by atoms with Gasteiger partial charge in [-0.3, -0.25) is 0 Å². The van der Waals surface area contributed by atoms with Gasteiger partial charge in [-0.2, -0.15) is 0 Å². The van der Waals surface area contributed by atoms with Crippen LogP contribution in [0.1, 0.15) is 40.3 Å². The van der Waals surface area contributed by atoms with Gasteiger partial charge in [0, 0.05) is 31.3 Å². The van der Waals surface area contributed by atoms with E-state index in [1.165, 1.54) is 0 Å². The molecule has 0 radical (unpaired) electrons. The van der Waals surface area contributed by atoms with Crippen molar-refractivity contribution in [1.29, 1.82) is 0 Å². The minimum Gasteiger partial charge on any atom is -0.377 e. The highest BCUT2D eigenvalue weighted by Crippen LogP contribution is 2.21. The number of aromatic nitrogens is 4. The molecule has 128 valence electrons. The molecule has 0 spiro atoms. The van der Waals surface area contributed by atoms with Gasteiger partial charge >= 0.3 is 0 Å². The largest absolute Gasteiger partial charge is 0.377 e. The number of imidazole rings is 2. The Labute approximate surface area is 138 Å². The number of nitrogens with one attached hydrogen (secondary N) is 1. The van der Waals surface area contributed by atoms with Crippen molar-refractivity contribution in [2.24, 2.45) is 5.41 Å². The maximum absolute atomic E-state index is 5.87. The van der Waals surface area contributed by atoms with Gasteiger partial charge in [-0.1, -0.05) is 20.8 Å². The van der Waals surface area contributed by atoms with Gasteiger partial charge in [0.1, 0.15) is 6.17 Å². The molecule has 2 heterocycles. The maximum atomic E-state index is 5.87. The summed E-state index contributed by atoms with van der Waals surface area (Å²) in [5.74, 6) is 0. The average molecular weight is 319 g/mol. The van der Waals surface area contributed by atoms with Crippen molar-refractivity contribution >= 4 is 0 Å². The average Bonchev–Trinajstić information content (AvgIpc) is 3.18. The Morgan fingerprint density at radius 1 is 1.04 bits per heavy atom. The SMILES string of the molecule is CC(OCCNCCC(n1ccnc1)n1ccnc1)C(C)(C)C. The first-order valence-corrected chi connectivity index (χ1v) is 8.25. The van der Waals surface area contributed by atoms with Crippen molar-refractivity contribution < 1.29 is 4.74 Å². The van der Waals surface area contributed by atoms with Crippen molar-refractivity contribution in [1.82, 2.24) is 24.4 Å². The summed E-state index contributed by atoms with van der Waals surface area (Å²) in [6.07, 6.45) is 12.7. The van der Waals surface area contributed by atoms with Crippen molar-refractivity contribution in [3.63, 3.8) is 0 Å². The number of hydrogen-bond acceptors (Lipinski definition) is 4. The number of hydrogen-bond donors (Lipinski definition) is 1. The molecule has 2 aromatic heterocycles. The summed E-state index contributed by atoms with van der Waals surface area (Å²) in [7, 11) is 0. The Hall–Kier alpha value is -1.66. The van der Waals surface area contributed by atoms with E-state index < -0.39 is 0 Å². The van der Waals surface area contributed by atoms with Gasteiger partial charge in [0.15, 0.2) is 0 Å². The molecular weight excluding hydrogens is 290 g/mol. The molecule has 0 aliphatic rings. The Balaban J connectivity index is 1.72. The van der Waals surface area contributed by atoms with Gasteiger partial charge in [0.05, 0.1) is 25.4 Å². The molecule has 0 saturated carbocycles. The van der Waals surface area contributed by atoms with E-state index in [0.717, 1.165) is 26.1 Å². The first-order valence-electron chi connectivity index (χ1n) is 8.25. The summed E-state index contributed by atoms with van der Waals surface area (Å²) >= 11 is 0. The number of ether oxygens (including phenoxy) is 1. The van der Waals surface area contributed by atoms with Gasteiger partial charge in [-0.05, 0) is 25.3 Å². The van der Waals surface area contributed by atoms with E-state index in [2.05, 4.69) is 52.1 Å². The first kappa shape index (κ1) is 17.7. The summed E-state index contributed by atoms with van der Waals surface area (Å²) in [5.41, 5.74) is 0.188. The zero-order valence-corrected chi connectivity index (χ0v) is 14.6. The minimum atomic E-state index is 0.188. The van der Waals surface area contributed by atoms with Crippen LogP contribution in [0.15, 0.2) is 37.4 Å². The van der Waals surface area contributed by atoms with Crippen LogP contribution in [-0.4, -0.2) is 44.9 Å². The van der Waals surface area contributed by atoms with Crippen LogP contribution in [-0.2, 0) is 4.74 Å². The Kier molecular flexibility index (Phi) is 6.36. The van der Waals surface area contributed by atoms with Gasteiger partial charge in [-0.25, -0.2) is 9.97 Å². The highest BCUT2D eigenvalue weighted by atomic mass is 16.5. The molecular formula is C17H29N5O. The standard InChI is InChI=1S/C17H29N5O/c1-15(17(2,3)4)23-12-9-18-6-5-16(21-10-7-19-13-21)22-11-8-20-14-22/h7-8,10-11,13-16,18H,5-6,9,12H2,1-4H3. The predicted octanol–water partition coefficient (Wildman–Crippen LogP) is 2.56. The highest BCUT2D eigenvalue weighted by Gasteiger charge is 2.20. The van der Waals surface area contributed by atoms with E-state index in [1.54, 1.807) is 12.4 Å². The number of nitrogens with zero attached hydrogens (tertiary/aromatic N) is 4. The van der Waals surface area contributed by atoms with Gasteiger partial charge in [-0.15, -0.1) is 0 Å². The fraction of sp³-hybridized carbons (Fsp3) is 0.647. The first-order chi connectivity index (χ1) is 11.0. The minimum absolute atomic E-state index is 0.188. The van der Waals surface area contributed by atoms with Crippen LogP contribution in [0.25, 0.3) is 0 Å².